The average molecular weight is 245 g/mol. The first-order chi connectivity index (χ1) is 6.68. The molecule has 1 rings (SSSR count). The average Bonchev–Trinajstić information content (AvgIpc) is 1.99. The summed E-state index contributed by atoms with van der Waals surface area (Å²) >= 11 is -0.625. The Morgan fingerprint density at radius 3 is 2.07 bits per heavy atom. The fourth-order valence-corrected chi connectivity index (χ4v) is 1.35. The van der Waals surface area contributed by atoms with Crippen LogP contribution in [0.4, 0.5) is 26.3 Å². The minimum Gasteiger partial charge on any atom is -0.166 e. The van der Waals surface area contributed by atoms with Gasteiger partial charge in [-0.1, -0.05) is 6.07 Å². The second-order valence-electron chi connectivity index (χ2n) is 2.47. The zero-order chi connectivity index (χ0) is 11.7. The van der Waals surface area contributed by atoms with E-state index in [9.17, 15) is 26.3 Å². The third kappa shape index (κ3) is 4.03. The highest BCUT2D eigenvalue weighted by atomic mass is 32.2. The first-order valence-electron chi connectivity index (χ1n) is 3.54. The number of hydrogen-bond donors (Lipinski definition) is 0. The molecule has 0 saturated carbocycles. The minimum atomic E-state index is -4.68. The lowest BCUT2D eigenvalue weighted by Gasteiger charge is -2.08. The molecule has 0 aliphatic heterocycles. The highest BCUT2D eigenvalue weighted by Gasteiger charge is 2.33. The molecule has 1 aromatic carbocycles. The second-order valence-corrected chi connectivity index (χ2v) is 3.58. The van der Waals surface area contributed by atoms with E-state index in [2.05, 4.69) is 0 Å². The molecule has 0 bridgehead atoms. The zero-order valence-corrected chi connectivity index (χ0v) is 7.72. The van der Waals surface area contributed by atoms with E-state index in [1.54, 1.807) is 6.07 Å². The van der Waals surface area contributed by atoms with Crippen molar-refractivity contribution in [3.8, 4) is 0 Å². The molecule has 7 heteroatoms. The van der Waals surface area contributed by atoms with Crippen LogP contribution < -0.4 is 0 Å². The van der Waals surface area contributed by atoms with Crippen LogP contribution in [0, 0.1) is 6.07 Å². The predicted molar refractivity (Wildman–Crippen MR) is 42.2 cm³/mol. The van der Waals surface area contributed by atoms with Crippen LogP contribution in [0.2, 0.25) is 0 Å². The van der Waals surface area contributed by atoms with Crippen LogP contribution in [0.15, 0.2) is 23.1 Å². The molecule has 0 nitrogen and oxygen atoms in total. The maximum Gasteiger partial charge on any atom is 0.446 e. The molecule has 0 heterocycles. The van der Waals surface area contributed by atoms with Gasteiger partial charge in [-0.2, -0.15) is 26.3 Å². The van der Waals surface area contributed by atoms with Gasteiger partial charge in [-0.15, -0.1) is 0 Å². The highest BCUT2D eigenvalue weighted by Crippen LogP contribution is 2.38. The van der Waals surface area contributed by atoms with E-state index in [0.717, 1.165) is 12.1 Å². The molecule has 0 saturated heterocycles. The van der Waals surface area contributed by atoms with Crippen LogP contribution in [0.5, 0.6) is 0 Å². The van der Waals surface area contributed by atoms with Crippen LogP contribution in [0.25, 0.3) is 0 Å². The summed E-state index contributed by atoms with van der Waals surface area (Å²) in [5.41, 5.74) is -5.82. The maximum absolute atomic E-state index is 12.1. The van der Waals surface area contributed by atoms with Crippen LogP contribution in [0.3, 0.4) is 0 Å². The molecule has 83 valence electrons. The zero-order valence-electron chi connectivity index (χ0n) is 6.91. The van der Waals surface area contributed by atoms with Crippen LogP contribution in [-0.4, -0.2) is 5.51 Å². The number of alkyl halides is 6. The predicted octanol–water partition coefficient (Wildman–Crippen LogP) is 4.12. The number of thioether (sulfide) groups is 1. The van der Waals surface area contributed by atoms with Crippen molar-refractivity contribution in [3.63, 3.8) is 0 Å². The summed E-state index contributed by atoms with van der Waals surface area (Å²) in [6.07, 6.45) is -4.68. The molecule has 0 aliphatic rings. The largest absolute Gasteiger partial charge is 0.446 e. The topological polar surface area (TPSA) is 0 Å². The van der Waals surface area contributed by atoms with Gasteiger partial charge in [0.1, 0.15) is 0 Å². The first-order valence-corrected chi connectivity index (χ1v) is 4.35. The standard InChI is InChI=1S/C8H3F6S/c9-7(10,11)5-2-1-3-6(4-5)15-8(12,13)14/h1-3H. The SMILES string of the molecule is FC(F)(F)Sc1[c]c(C(F)(F)F)ccc1. The summed E-state index contributed by atoms with van der Waals surface area (Å²) < 4.78 is 71.7. The summed E-state index contributed by atoms with van der Waals surface area (Å²) in [6, 6.07) is 4.16. The van der Waals surface area contributed by atoms with Gasteiger partial charge in [-0.05, 0) is 23.9 Å². The van der Waals surface area contributed by atoms with E-state index >= 15 is 0 Å². The van der Waals surface area contributed by atoms with Gasteiger partial charge >= 0.3 is 11.7 Å². The molecule has 0 unspecified atom stereocenters. The van der Waals surface area contributed by atoms with E-state index < -0.39 is 33.9 Å². The van der Waals surface area contributed by atoms with E-state index in [4.69, 9.17) is 0 Å². The summed E-state index contributed by atoms with van der Waals surface area (Å²) in [6.45, 7) is 0. The minimum absolute atomic E-state index is 0.600. The fourth-order valence-electron chi connectivity index (χ4n) is 0.797. The van der Waals surface area contributed by atoms with Gasteiger partial charge in [0.05, 0.1) is 5.56 Å². The molecule has 0 aliphatic carbocycles. The summed E-state index contributed by atoms with van der Waals surface area (Å²) in [7, 11) is 0. The molecular formula is C8H3F6S. The summed E-state index contributed by atoms with van der Waals surface area (Å²) in [4.78, 5) is -0.600. The number of hydrogen-bond acceptors (Lipinski definition) is 1. The van der Waals surface area contributed by atoms with Crippen molar-refractivity contribution < 1.29 is 26.3 Å². The molecule has 1 radical (unpaired) electrons. The monoisotopic (exact) mass is 245 g/mol. The Hall–Kier alpha value is -0.850. The van der Waals surface area contributed by atoms with Crippen LogP contribution in [-0.2, 0) is 6.18 Å². The lowest BCUT2D eigenvalue weighted by atomic mass is 10.2. The molecule has 0 spiro atoms. The van der Waals surface area contributed by atoms with Gasteiger partial charge in [0.2, 0.25) is 0 Å². The smallest absolute Gasteiger partial charge is 0.166 e. The molecule has 0 N–H and O–H groups in total. The van der Waals surface area contributed by atoms with Gasteiger partial charge in [-0.3, -0.25) is 0 Å². The van der Waals surface area contributed by atoms with Crippen molar-refractivity contribution in [3.05, 3.63) is 29.8 Å². The van der Waals surface area contributed by atoms with Gasteiger partial charge in [0.25, 0.3) is 0 Å². The maximum atomic E-state index is 12.1. The Balaban J connectivity index is 2.94. The van der Waals surface area contributed by atoms with Crippen molar-refractivity contribution in [1.29, 1.82) is 0 Å². The molecule has 0 aromatic heterocycles. The number of rotatable bonds is 1. The van der Waals surface area contributed by atoms with Gasteiger partial charge in [-0.25, -0.2) is 0 Å². The molecule has 0 atom stereocenters. The van der Waals surface area contributed by atoms with Gasteiger partial charge < -0.3 is 0 Å². The van der Waals surface area contributed by atoms with E-state index in [-0.39, 0.29) is 0 Å². The highest BCUT2D eigenvalue weighted by molar-refractivity contribution is 8.00. The fraction of sp³-hybridized carbons (Fsp3) is 0.250. The molecule has 15 heavy (non-hydrogen) atoms. The second kappa shape index (κ2) is 3.96. The number of benzene rings is 1. The van der Waals surface area contributed by atoms with E-state index in [1.165, 1.54) is 0 Å². The van der Waals surface area contributed by atoms with Gasteiger partial charge in [0, 0.05) is 11.0 Å². The van der Waals surface area contributed by atoms with Crippen molar-refractivity contribution in [1.82, 2.24) is 0 Å². The lowest BCUT2D eigenvalue weighted by molar-refractivity contribution is -0.138. The third-order valence-corrected chi connectivity index (χ3v) is 1.99. The Kier molecular flexibility index (Phi) is 3.22. The van der Waals surface area contributed by atoms with E-state index in [0.29, 0.717) is 6.07 Å². The van der Waals surface area contributed by atoms with E-state index in [1.807, 2.05) is 0 Å². The first kappa shape index (κ1) is 12.2. The van der Waals surface area contributed by atoms with Crippen molar-refractivity contribution in [2.24, 2.45) is 0 Å². The van der Waals surface area contributed by atoms with Crippen molar-refractivity contribution in [2.75, 3.05) is 0 Å². The van der Waals surface area contributed by atoms with Gasteiger partial charge in [0.15, 0.2) is 0 Å². The summed E-state index contributed by atoms with van der Waals surface area (Å²) in [5.74, 6) is 0. The van der Waals surface area contributed by atoms with Crippen LogP contribution in [0.1, 0.15) is 5.56 Å². The quantitative estimate of drug-likeness (QED) is 0.529. The van der Waals surface area contributed by atoms with Crippen LogP contribution >= 0.6 is 11.8 Å². The molecular weight excluding hydrogens is 242 g/mol. The Morgan fingerprint density at radius 2 is 1.60 bits per heavy atom. The molecule has 0 fully saturated rings. The molecule has 1 aromatic rings. The lowest BCUT2D eigenvalue weighted by Crippen LogP contribution is -2.06. The number of halogens is 6. The normalized spacial score (nSPS) is 12.9. The Labute approximate surface area is 85.3 Å². The molecule has 0 amide bonds. The van der Waals surface area contributed by atoms with Crippen molar-refractivity contribution >= 4 is 11.8 Å². The Morgan fingerprint density at radius 1 is 1.00 bits per heavy atom. The Bertz CT molecular complexity index is 340. The van der Waals surface area contributed by atoms with Crippen molar-refractivity contribution in [2.45, 2.75) is 16.6 Å². The summed E-state index contributed by atoms with van der Waals surface area (Å²) in [5, 5.41) is 0. The third-order valence-electron chi connectivity index (χ3n) is 1.30.